The van der Waals surface area contributed by atoms with Gasteiger partial charge in [-0.3, -0.25) is 4.79 Å². The van der Waals surface area contributed by atoms with E-state index in [9.17, 15) is 4.79 Å². The Morgan fingerprint density at radius 3 is 2.87 bits per heavy atom. The molecule has 1 amide bonds. The number of ether oxygens (including phenoxy) is 1. The minimum Gasteiger partial charge on any atom is -0.493 e. The smallest absolute Gasteiger partial charge is 0.240 e. The number of benzene rings is 1. The van der Waals surface area contributed by atoms with E-state index in [-0.39, 0.29) is 5.91 Å². The lowest BCUT2D eigenvalue weighted by atomic mass is 10.2. The molecular weight excluding hydrogens is 332 g/mol. The van der Waals surface area contributed by atoms with E-state index in [0.717, 1.165) is 21.8 Å². The first-order valence-corrected chi connectivity index (χ1v) is 8.57. The summed E-state index contributed by atoms with van der Waals surface area (Å²) in [4.78, 5) is 12.7. The van der Waals surface area contributed by atoms with Crippen molar-refractivity contribution >= 4 is 35.1 Å². The third-order valence-electron chi connectivity index (χ3n) is 3.22. The Morgan fingerprint density at radius 2 is 2.17 bits per heavy atom. The van der Waals surface area contributed by atoms with Crippen molar-refractivity contribution in [1.29, 1.82) is 0 Å². The second kappa shape index (κ2) is 8.70. The molecule has 0 spiro atoms. The Balaban J connectivity index is 1.67. The number of hydrazone groups is 1. The molecule has 0 bridgehead atoms. The molecule has 0 unspecified atom stereocenters. The Hall–Kier alpha value is -1.85. The number of hydrogen-bond acceptors (Lipinski definition) is 4. The van der Waals surface area contributed by atoms with E-state index in [0.29, 0.717) is 24.5 Å². The summed E-state index contributed by atoms with van der Waals surface area (Å²) in [5, 5.41) is 6.65. The predicted octanol–water partition coefficient (Wildman–Crippen LogP) is 4.33. The van der Waals surface area contributed by atoms with Crippen LogP contribution >= 0.6 is 22.9 Å². The van der Waals surface area contributed by atoms with Crippen LogP contribution in [0.15, 0.2) is 34.7 Å². The average molecular weight is 351 g/mol. The lowest BCUT2D eigenvalue weighted by Crippen LogP contribution is -2.18. The zero-order valence-electron chi connectivity index (χ0n) is 13.1. The summed E-state index contributed by atoms with van der Waals surface area (Å²) < 4.78 is 5.65. The maximum atomic E-state index is 11.7. The van der Waals surface area contributed by atoms with E-state index in [1.165, 1.54) is 0 Å². The summed E-state index contributed by atoms with van der Waals surface area (Å²) in [5.74, 6) is 0.674. The maximum absolute atomic E-state index is 11.7. The van der Waals surface area contributed by atoms with Crippen molar-refractivity contribution in [3.63, 3.8) is 0 Å². The van der Waals surface area contributed by atoms with Gasteiger partial charge >= 0.3 is 0 Å². The van der Waals surface area contributed by atoms with E-state index in [1.807, 2.05) is 37.4 Å². The molecular formula is C17H19ClN2O2S. The highest BCUT2D eigenvalue weighted by molar-refractivity contribution is 7.11. The van der Waals surface area contributed by atoms with Crippen molar-refractivity contribution in [2.75, 3.05) is 6.61 Å². The van der Waals surface area contributed by atoms with Gasteiger partial charge in [0.15, 0.2) is 0 Å². The van der Waals surface area contributed by atoms with E-state index < -0.39 is 0 Å². The van der Waals surface area contributed by atoms with Gasteiger partial charge in [-0.1, -0.05) is 11.6 Å². The standard InChI is InChI=1S/C17H19ClN2O2S/c1-12-7-9-23-16(12)11-19-20-17(21)4-3-8-22-15-6-5-14(18)10-13(15)2/h5-7,9-11H,3-4,8H2,1-2H3,(H,20,21). The van der Waals surface area contributed by atoms with Crippen molar-refractivity contribution in [2.24, 2.45) is 5.10 Å². The van der Waals surface area contributed by atoms with Crippen molar-refractivity contribution in [3.05, 3.63) is 50.7 Å². The number of carbonyl (C=O) groups excluding carboxylic acids is 1. The summed E-state index contributed by atoms with van der Waals surface area (Å²) in [6.07, 6.45) is 2.67. The quantitative estimate of drug-likeness (QED) is 0.459. The Kier molecular flexibility index (Phi) is 6.62. The van der Waals surface area contributed by atoms with Crippen molar-refractivity contribution < 1.29 is 9.53 Å². The number of aryl methyl sites for hydroxylation is 2. The third-order valence-corrected chi connectivity index (χ3v) is 4.40. The van der Waals surface area contributed by atoms with E-state index in [2.05, 4.69) is 10.5 Å². The van der Waals surface area contributed by atoms with Gasteiger partial charge in [0.25, 0.3) is 0 Å². The first-order valence-electron chi connectivity index (χ1n) is 7.31. The number of halogens is 1. The number of carbonyl (C=O) groups is 1. The van der Waals surface area contributed by atoms with Crippen LogP contribution in [0, 0.1) is 13.8 Å². The predicted molar refractivity (Wildman–Crippen MR) is 95.7 cm³/mol. The number of rotatable bonds is 7. The molecule has 1 aromatic carbocycles. The van der Waals surface area contributed by atoms with Gasteiger partial charge in [-0.15, -0.1) is 11.3 Å². The van der Waals surface area contributed by atoms with Gasteiger partial charge in [0.1, 0.15) is 5.75 Å². The van der Waals surface area contributed by atoms with Crippen LogP contribution < -0.4 is 10.2 Å². The fraction of sp³-hybridized carbons (Fsp3) is 0.294. The summed E-state index contributed by atoms with van der Waals surface area (Å²) in [6, 6.07) is 7.50. The molecule has 6 heteroatoms. The molecule has 0 radical (unpaired) electrons. The number of nitrogens with zero attached hydrogens (tertiary/aromatic N) is 1. The van der Waals surface area contributed by atoms with Gasteiger partial charge in [-0.2, -0.15) is 5.10 Å². The van der Waals surface area contributed by atoms with Gasteiger partial charge in [0.2, 0.25) is 5.91 Å². The lowest BCUT2D eigenvalue weighted by molar-refractivity contribution is -0.121. The minimum absolute atomic E-state index is 0.119. The maximum Gasteiger partial charge on any atom is 0.240 e. The molecule has 2 rings (SSSR count). The molecule has 0 aliphatic carbocycles. The summed E-state index contributed by atoms with van der Waals surface area (Å²) in [6.45, 7) is 4.43. The molecule has 4 nitrogen and oxygen atoms in total. The fourth-order valence-corrected chi connectivity index (χ4v) is 2.94. The summed E-state index contributed by atoms with van der Waals surface area (Å²) >= 11 is 7.49. The zero-order valence-corrected chi connectivity index (χ0v) is 14.7. The molecule has 1 heterocycles. The van der Waals surface area contributed by atoms with E-state index in [4.69, 9.17) is 16.3 Å². The summed E-state index contributed by atoms with van der Waals surface area (Å²) in [7, 11) is 0. The fourth-order valence-electron chi connectivity index (χ4n) is 1.93. The van der Waals surface area contributed by atoms with Gasteiger partial charge in [-0.25, -0.2) is 5.43 Å². The van der Waals surface area contributed by atoms with E-state index >= 15 is 0 Å². The summed E-state index contributed by atoms with van der Waals surface area (Å²) in [5.41, 5.74) is 4.67. The topological polar surface area (TPSA) is 50.7 Å². The van der Waals surface area contributed by atoms with E-state index in [1.54, 1.807) is 23.6 Å². The third kappa shape index (κ3) is 5.69. The van der Waals surface area contributed by atoms with Crippen LogP contribution in [0.2, 0.25) is 5.02 Å². The molecule has 0 aliphatic rings. The molecule has 2 aromatic rings. The molecule has 0 fully saturated rings. The van der Waals surface area contributed by atoms with Gasteiger partial charge in [0.05, 0.1) is 12.8 Å². The zero-order chi connectivity index (χ0) is 16.7. The highest BCUT2D eigenvalue weighted by atomic mass is 35.5. The van der Waals surface area contributed by atoms with Crippen LogP contribution in [0.1, 0.15) is 28.8 Å². The Morgan fingerprint density at radius 1 is 1.35 bits per heavy atom. The highest BCUT2D eigenvalue weighted by Gasteiger charge is 2.03. The number of nitrogens with one attached hydrogen (secondary N) is 1. The van der Waals surface area contributed by atoms with Crippen LogP contribution in [0.3, 0.4) is 0 Å². The lowest BCUT2D eigenvalue weighted by Gasteiger charge is -2.08. The molecule has 1 N–H and O–H groups in total. The number of hydrogen-bond donors (Lipinski definition) is 1. The minimum atomic E-state index is -0.119. The number of amides is 1. The average Bonchev–Trinajstić information content (AvgIpc) is 2.91. The van der Waals surface area contributed by atoms with Gasteiger partial charge in [-0.05, 0) is 61.0 Å². The molecule has 1 aromatic heterocycles. The van der Waals surface area contributed by atoms with Crippen LogP contribution in [0.4, 0.5) is 0 Å². The van der Waals surface area contributed by atoms with Gasteiger partial charge in [0, 0.05) is 16.3 Å². The molecule has 0 aliphatic heterocycles. The van der Waals surface area contributed by atoms with Gasteiger partial charge < -0.3 is 4.74 Å². The second-order valence-electron chi connectivity index (χ2n) is 5.12. The monoisotopic (exact) mass is 350 g/mol. The van der Waals surface area contributed by atoms with Crippen molar-refractivity contribution in [1.82, 2.24) is 5.43 Å². The van der Waals surface area contributed by atoms with Crippen LogP contribution in [0.5, 0.6) is 5.75 Å². The second-order valence-corrected chi connectivity index (χ2v) is 6.51. The van der Waals surface area contributed by atoms with Crippen molar-refractivity contribution in [2.45, 2.75) is 26.7 Å². The SMILES string of the molecule is Cc1cc(Cl)ccc1OCCCC(=O)NN=Cc1sccc1C. The molecule has 0 atom stereocenters. The highest BCUT2D eigenvalue weighted by Crippen LogP contribution is 2.21. The van der Waals surface area contributed by atoms with Crippen LogP contribution in [0.25, 0.3) is 0 Å². The molecule has 0 saturated carbocycles. The molecule has 0 saturated heterocycles. The number of thiophene rings is 1. The normalized spacial score (nSPS) is 10.9. The first kappa shape index (κ1) is 17.5. The Bertz CT molecular complexity index is 698. The van der Waals surface area contributed by atoms with Crippen molar-refractivity contribution in [3.8, 4) is 5.75 Å². The molecule has 23 heavy (non-hydrogen) atoms. The first-order chi connectivity index (χ1) is 11.1. The largest absolute Gasteiger partial charge is 0.493 e. The van der Waals surface area contributed by atoms with Crippen LogP contribution in [-0.2, 0) is 4.79 Å². The molecule has 122 valence electrons. The van der Waals surface area contributed by atoms with Crippen LogP contribution in [-0.4, -0.2) is 18.7 Å². The Labute approximate surface area is 145 Å².